The van der Waals surface area contributed by atoms with Crippen LogP contribution in [0, 0.1) is 5.92 Å². The molecule has 0 atom stereocenters. The summed E-state index contributed by atoms with van der Waals surface area (Å²) in [5, 5.41) is 2.94. The molecule has 0 aliphatic rings. The van der Waals surface area contributed by atoms with Gasteiger partial charge in [0.1, 0.15) is 0 Å². The molecule has 0 aliphatic heterocycles. The van der Waals surface area contributed by atoms with E-state index in [0.29, 0.717) is 11.5 Å². The maximum atomic E-state index is 12.3. The van der Waals surface area contributed by atoms with Gasteiger partial charge in [-0.15, -0.1) is 0 Å². The van der Waals surface area contributed by atoms with Gasteiger partial charge in [-0.05, 0) is 41.8 Å². The third-order valence-corrected chi connectivity index (χ3v) is 3.47. The predicted octanol–water partition coefficient (Wildman–Crippen LogP) is 4.67. The number of carbonyl (C=O) groups excluding carboxylic acids is 1. The number of benzene rings is 2. The van der Waals surface area contributed by atoms with Crippen molar-refractivity contribution in [1.82, 2.24) is 0 Å². The zero-order valence-electron chi connectivity index (χ0n) is 14.2. The van der Waals surface area contributed by atoms with Crippen LogP contribution in [0.5, 0.6) is 0 Å². The highest BCUT2D eigenvalue weighted by atomic mass is 16.1. The predicted molar refractivity (Wildman–Crippen MR) is 99.0 cm³/mol. The standard InChI is InChI=1S/C20H24N2O/c1-15(2)8-9-16-10-12-17(13-11-16)20(23)21-18-6-5-7-19(14-18)22(3)4/h5-15H,1-4H3,(H,21,23)/b9-8+. The van der Waals surface area contributed by atoms with Gasteiger partial charge in [0.15, 0.2) is 0 Å². The fourth-order valence-corrected chi connectivity index (χ4v) is 2.11. The summed E-state index contributed by atoms with van der Waals surface area (Å²) in [6, 6.07) is 15.4. The molecule has 2 aromatic carbocycles. The molecule has 2 aromatic rings. The number of nitrogens with zero attached hydrogens (tertiary/aromatic N) is 1. The van der Waals surface area contributed by atoms with Gasteiger partial charge in [0.2, 0.25) is 0 Å². The highest BCUT2D eigenvalue weighted by molar-refractivity contribution is 6.04. The minimum Gasteiger partial charge on any atom is -0.378 e. The maximum absolute atomic E-state index is 12.3. The summed E-state index contributed by atoms with van der Waals surface area (Å²) < 4.78 is 0. The van der Waals surface area contributed by atoms with Crippen molar-refractivity contribution in [1.29, 1.82) is 0 Å². The molecule has 2 rings (SSSR count). The Bertz CT molecular complexity index is 685. The van der Waals surface area contributed by atoms with Gasteiger partial charge in [-0.25, -0.2) is 0 Å². The summed E-state index contributed by atoms with van der Waals surface area (Å²) in [7, 11) is 3.95. The highest BCUT2D eigenvalue weighted by Gasteiger charge is 2.06. The molecule has 1 amide bonds. The Kier molecular flexibility index (Phi) is 5.58. The number of nitrogens with one attached hydrogen (secondary N) is 1. The van der Waals surface area contributed by atoms with Gasteiger partial charge in [-0.2, -0.15) is 0 Å². The van der Waals surface area contributed by atoms with Crippen molar-refractivity contribution in [3.63, 3.8) is 0 Å². The first kappa shape index (κ1) is 16.8. The molecule has 23 heavy (non-hydrogen) atoms. The lowest BCUT2D eigenvalue weighted by molar-refractivity contribution is 0.102. The molecule has 0 aromatic heterocycles. The molecule has 0 unspecified atom stereocenters. The number of carbonyl (C=O) groups is 1. The van der Waals surface area contributed by atoms with E-state index in [1.165, 1.54) is 0 Å². The van der Waals surface area contributed by atoms with Crippen LogP contribution in [0.25, 0.3) is 6.08 Å². The summed E-state index contributed by atoms with van der Waals surface area (Å²) in [5.41, 5.74) is 3.61. The first-order valence-electron chi connectivity index (χ1n) is 7.82. The fraction of sp³-hybridized carbons (Fsp3) is 0.250. The van der Waals surface area contributed by atoms with Crippen molar-refractivity contribution in [3.8, 4) is 0 Å². The quantitative estimate of drug-likeness (QED) is 0.870. The van der Waals surface area contributed by atoms with Crippen molar-refractivity contribution < 1.29 is 4.79 Å². The van der Waals surface area contributed by atoms with E-state index in [1.807, 2.05) is 67.5 Å². The molecule has 0 spiro atoms. The van der Waals surface area contributed by atoms with Crippen LogP contribution in [-0.4, -0.2) is 20.0 Å². The van der Waals surface area contributed by atoms with Gasteiger partial charge < -0.3 is 10.2 Å². The molecule has 0 saturated heterocycles. The van der Waals surface area contributed by atoms with Crippen molar-refractivity contribution >= 4 is 23.4 Å². The zero-order chi connectivity index (χ0) is 16.8. The Morgan fingerprint density at radius 3 is 2.39 bits per heavy atom. The molecule has 1 N–H and O–H groups in total. The third-order valence-electron chi connectivity index (χ3n) is 3.47. The summed E-state index contributed by atoms with van der Waals surface area (Å²) in [4.78, 5) is 14.3. The topological polar surface area (TPSA) is 32.3 Å². The number of hydrogen-bond donors (Lipinski definition) is 1. The summed E-state index contributed by atoms with van der Waals surface area (Å²) in [6.07, 6.45) is 4.22. The van der Waals surface area contributed by atoms with Crippen molar-refractivity contribution in [2.24, 2.45) is 5.92 Å². The zero-order valence-corrected chi connectivity index (χ0v) is 14.2. The van der Waals surface area contributed by atoms with Crippen molar-refractivity contribution in [2.45, 2.75) is 13.8 Å². The van der Waals surface area contributed by atoms with Crippen molar-refractivity contribution in [3.05, 3.63) is 65.7 Å². The van der Waals surface area contributed by atoms with Crippen LogP contribution in [0.2, 0.25) is 0 Å². The molecule has 120 valence electrons. The SMILES string of the molecule is CC(C)/C=C/c1ccc(C(=O)Nc2cccc(N(C)C)c2)cc1. The van der Waals surface area contributed by atoms with E-state index in [-0.39, 0.29) is 5.91 Å². The second kappa shape index (κ2) is 7.63. The third kappa shape index (κ3) is 4.99. The summed E-state index contributed by atoms with van der Waals surface area (Å²) in [5.74, 6) is 0.419. The minimum atomic E-state index is -0.0969. The van der Waals surface area contributed by atoms with Gasteiger partial charge >= 0.3 is 0 Å². The Morgan fingerprint density at radius 1 is 1.09 bits per heavy atom. The van der Waals surface area contributed by atoms with Crippen LogP contribution < -0.4 is 10.2 Å². The lowest BCUT2D eigenvalue weighted by atomic mass is 10.1. The first-order valence-corrected chi connectivity index (χ1v) is 7.82. The van der Waals surface area contributed by atoms with Crippen LogP contribution in [0.1, 0.15) is 29.8 Å². The summed E-state index contributed by atoms with van der Waals surface area (Å²) >= 11 is 0. The van der Waals surface area contributed by atoms with Gasteiger partial charge in [0, 0.05) is 31.0 Å². The Balaban J connectivity index is 2.07. The molecule has 0 fully saturated rings. The normalized spacial score (nSPS) is 11.0. The highest BCUT2D eigenvalue weighted by Crippen LogP contribution is 2.18. The molecule has 3 nitrogen and oxygen atoms in total. The smallest absolute Gasteiger partial charge is 0.255 e. The van der Waals surface area contributed by atoms with E-state index < -0.39 is 0 Å². The van der Waals surface area contributed by atoms with Crippen LogP contribution in [0.3, 0.4) is 0 Å². The molecule has 0 heterocycles. The molecule has 3 heteroatoms. The van der Waals surface area contributed by atoms with Crippen LogP contribution >= 0.6 is 0 Å². The van der Waals surface area contributed by atoms with E-state index >= 15 is 0 Å². The van der Waals surface area contributed by atoms with Crippen LogP contribution in [-0.2, 0) is 0 Å². The average molecular weight is 308 g/mol. The number of allylic oxidation sites excluding steroid dienone is 1. The second-order valence-electron chi connectivity index (χ2n) is 6.12. The average Bonchev–Trinajstić information content (AvgIpc) is 2.53. The van der Waals surface area contributed by atoms with Gasteiger partial charge in [-0.1, -0.05) is 44.2 Å². The lowest BCUT2D eigenvalue weighted by Gasteiger charge is -2.14. The van der Waals surface area contributed by atoms with E-state index in [9.17, 15) is 4.79 Å². The van der Waals surface area contributed by atoms with E-state index in [2.05, 4.69) is 31.3 Å². The number of amides is 1. The Hall–Kier alpha value is -2.55. The number of rotatable bonds is 5. The van der Waals surface area contributed by atoms with E-state index in [0.717, 1.165) is 16.9 Å². The lowest BCUT2D eigenvalue weighted by Crippen LogP contribution is -2.13. The monoisotopic (exact) mass is 308 g/mol. The Labute approximate surface area is 138 Å². The molecule has 0 bridgehead atoms. The van der Waals surface area contributed by atoms with Gasteiger partial charge in [0.25, 0.3) is 5.91 Å². The van der Waals surface area contributed by atoms with Gasteiger partial charge in [-0.3, -0.25) is 4.79 Å². The fourth-order valence-electron chi connectivity index (χ4n) is 2.11. The minimum absolute atomic E-state index is 0.0969. The maximum Gasteiger partial charge on any atom is 0.255 e. The summed E-state index contributed by atoms with van der Waals surface area (Å²) in [6.45, 7) is 4.28. The molecular weight excluding hydrogens is 284 g/mol. The Morgan fingerprint density at radius 2 is 1.78 bits per heavy atom. The van der Waals surface area contributed by atoms with Crippen molar-refractivity contribution in [2.75, 3.05) is 24.3 Å². The number of hydrogen-bond acceptors (Lipinski definition) is 2. The van der Waals surface area contributed by atoms with E-state index in [4.69, 9.17) is 0 Å². The van der Waals surface area contributed by atoms with Crippen LogP contribution in [0.15, 0.2) is 54.6 Å². The largest absolute Gasteiger partial charge is 0.378 e. The van der Waals surface area contributed by atoms with Gasteiger partial charge in [0.05, 0.1) is 0 Å². The molecule has 0 aliphatic carbocycles. The first-order chi connectivity index (χ1) is 11.0. The number of anilines is 2. The molecule has 0 radical (unpaired) electrons. The molecular formula is C20H24N2O. The second-order valence-corrected chi connectivity index (χ2v) is 6.12. The van der Waals surface area contributed by atoms with E-state index in [1.54, 1.807) is 0 Å². The van der Waals surface area contributed by atoms with Crippen LogP contribution in [0.4, 0.5) is 11.4 Å². The molecule has 0 saturated carbocycles.